The molecule has 0 saturated carbocycles. The van der Waals surface area contributed by atoms with Crippen molar-refractivity contribution in [1.82, 2.24) is 9.80 Å². The predicted molar refractivity (Wildman–Crippen MR) is 80.3 cm³/mol. The standard InChI is InChI=1S/C15H17ClN2O4/c1-10(19)17-7-8-18(14(9-17)22-11(2)20)15(21)12-3-5-13(16)6-4-12/h3-6,14H,7-9H2,1-2H3/t14-/m0/s1. The van der Waals surface area contributed by atoms with Gasteiger partial charge in [-0.25, -0.2) is 0 Å². The largest absolute Gasteiger partial charge is 0.440 e. The SMILES string of the molecule is CC(=O)O[C@H]1CN(C(C)=O)CCN1C(=O)c1ccc(Cl)cc1. The highest BCUT2D eigenvalue weighted by Crippen LogP contribution is 2.17. The zero-order valence-electron chi connectivity index (χ0n) is 12.4. The molecule has 1 heterocycles. The van der Waals surface area contributed by atoms with Gasteiger partial charge in [-0.1, -0.05) is 11.6 Å². The van der Waals surface area contributed by atoms with E-state index in [0.29, 0.717) is 23.7 Å². The molecule has 1 aromatic rings. The molecule has 22 heavy (non-hydrogen) atoms. The predicted octanol–water partition coefficient (Wildman–Crippen LogP) is 1.53. The number of nitrogens with zero attached hydrogens (tertiary/aromatic N) is 2. The molecule has 0 N–H and O–H groups in total. The van der Waals surface area contributed by atoms with Crippen LogP contribution in [-0.4, -0.2) is 53.4 Å². The van der Waals surface area contributed by atoms with Crippen LogP contribution in [0.4, 0.5) is 0 Å². The van der Waals surface area contributed by atoms with Gasteiger partial charge in [0.05, 0.1) is 6.54 Å². The highest BCUT2D eigenvalue weighted by atomic mass is 35.5. The molecule has 1 fully saturated rings. The summed E-state index contributed by atoms with van der Waals surface area (Å²) < 4.78 is 5.20. The van der Waals surface area contributed by atoms with Crippen LogP contribution >= 0.6 is 11.6 Å². The molecule has 1 aliphatic rings. The van der Waals surface area contributed by atoms with Crippen LogP contribution in [0, 0.1) is 0 Å². The van der Waals surface area contributed by atoms with E-state index in [4.69, 9.17) is 16.3 Å². The number of amides is 2. The van der Waals surface area contributed by atoms with Gasteiger partial charge in [-0.3, -0.25) is 19.3 Å². The maximum Gasteiger partial charge on any atom is 0.304 e. The van der Waals surface area contributed by atoms with E-state index in [-0.39, 0.29) is 18.4 Å². The van der Waals surface area contributed by atoms with E-state index in [9.17, 15) is 14.4 Å². The van der Waals surface area contributed by atoms with Crippen molar-refractivity contribution in [3.05, 3.63) is 34.9 Å². The van der Waals surface area contributed by atoms with Crippen LogP contribution in [0.15, 0.2) is 24.3 Å². The minimum Gasteiger partial charge on any atom is -0.440 e. The number of carbonyl (C=O) groups excluding carboxylic acids is 3. The lowest BCUT2D eigenvalue weighted by Gasteiger charge is -2.40. The fraction of sp³-hybridized carbons (Fsp3) is 0.400. The van der Waals surface area contributed by atoms with Crippen molar-refractivity contribution in [2.24, 2.45) is 0 Å². The summed E-state index contributed by atoms with van der Waals surface area (Å²) in [5.41, 5.74) is 0.456. The normalized spacial score (nSPS) is 18.0. The molecule has 0 radical (unpaired) electrons. The number of hydrogen-bond acceptors (Lipinski definition) is 4. The first-order chi connectivity index (χ1) is 10.4. The maximum absolute atomic E-state index is 12.6. The number of halogens is 1. The molecule has 1 aliphatic heterocycles. The zero-order chi connectivity index (χ0) is 16.3. The molecule has 0 aliphatic carbocycles. The molecule has 0 bridgehead atoms. The zero-order valence-corrected chi connectivity index (χ0v) is 13.2. The van der Waals surface area contributed by atoms with E-state index < -0.39 is 12.2 Å². The van der Waals surface area contributed by atoms with E-state index in [1.54, 1.807) is 29.2 Å². The number of rotatable bonds is 2. The van der Waals surface area contributed by atoms with Gasteiger partial charge >= 0.3 is 5.97 Å². The van der Waals surface area contributed by atoms with Crippen molar-refractivity contribution in [1.29, 1.82) is 0 Å². The smallest absolute Gasteiger partial charge is 0.304 e. The third-order valence-electron chi connectivity index (χ3n) is 3.43. The number of esters is 1. The van der Waals surface area contributed by atoms with Crippen LogP contribution in [0.1, 0.15) is 24.2 Å². The molecule has 0 unspecified atom stereocenters. The summed E-state index contributed by atoms with van der Waals surface area (Å²) in [5, 5.41) is 0.537. The van der Waals surface area contributed by atoms with Crippen molar-refractivity contribution in [3.63, 3.8) is 0 Å². The van der Waals surface area contributed by atoms with E-state index in [2.05, 4.69) is 0 Å². The van der Waals surface area contributed by atoms with Gasteiger partial charge in [0.15, 0.2) is 6.23 Å². The Balaban J connectivity index is 2.19. The summed E-state index contributed by atoms with van der Waals surface area (Å²) in [6.07, 6.45) is -0.779. The number of carbonyl (C=O) groups is 3. The topological polar surface area (TPSA) is 66.9 Å². The summed E-state index contributed by atoms with van der Waals surface area (Å²) in [6, 6.07) is 6.49. The van der Waals surface area contributed by atoms with Gasteiger partial charge < -0.3 is 9.64 Å². The van der Waals surface area contributed by atoms with Gasteiger partial charge in [0.2, 0.25) is 5.91 Å². The summed E-state index contributed by atoms with van der Waals surface area (Å²) in [4.78, 5) is 38.3. The van der Waals surface area contributed by atoms with Gasteiger partial charge in [-0.15, -0.1) is 0 Å². The Morgan fingerprint density at radius 2 is 1.77 bits per heavy atom. The molecule has 2 amide bonds. The summed E-state index contributed by atoms with van der Waals surface area (Å²) in [5.74, 6) is -0.869. The Bertz CT molecular complexity index is 588. The Hall–Kier alpha value is -2.08. The summed E-state index contributed by atoms with van der Waals surface area (Å²) >= 11 is 5.82. The minimum atomic E-state index is -0.779. The molecule has 2 rings (SSSR count). The quantitative estimate of drug-likeness (QED) is 0.774. The van der Waals surface area contributed by atoms with Crippen LogP contribution in [0.5, 0.6) is 0 Å². The third kappa shape index (κ3) is 3.76. The van der Waals surface area contributed by atoms with E-state index in [1.165, 1.54) is 18.7 Å². The second-order valence-corrected chi connectivity index (χ2v) is 5.47. The highest BCUT2D eigenvalue weighted by Gasteiger charge is 2.34. The molecule has 0 aromatic heterocycles. The van der Waals surface area contributed by atoms with Crippen LogP contribution in [-0.2, 0) is 14.3 Å². The Morgan fingerprint density at radius 3 is 2.32 bits per heavy atom. The number of hydrogen-bond donors (Lipinski definition) is 0. The number of piperazine rings is 1. The number of ether oxygens (including phenoxy) is 1. The second-order valence-electron chi connectivity index (χ2n) is 5.03. The number of benzene rings is 1. The van der Waals surface area contributed by atoms with Crippen molar-refractivity contribution < 1.29 is 19.1 Å². The van der Waals surface area contributed by atoms with Crippen molar-refractivity contribution in [3.8, 4) is 0 Å². The monoisotopic (exact) mass is 324 g/mol. The molecular formula is C15H17ClN2O4. The fourth-order valence-corrected chi connectivity index (χ4v) is 2.45. The van der Waals surface area contributed by atoms with Gasteiger partial charge in [-0.05, 0) is 24.3 Å². The van der Waals surface area contributed by atoms with E-state index in [0.717, 1.165) is 0 Å². The molecule has 7 heteroatoms. The molecule has 6 nitrogen and oxygen atoms in total. The molecule has 118 valence electrons. The van der Waals surface area contributed by atoms with Crippen LogP contribution in [0.2, 0.25) is 5.02 Å². The maximum atomic E-state index is 12.6. The van der Waals surface area contributed by atoms with Crippen LogP contribution in [0.3, 0.4) is 0 Å². The van der Waals surface area contributed by atoms with Crippen molar-refractivity contribution in [2.75, 3.05) is 19.6 Å². The lowest BCUT2D eigenvalue weighted by Crippen LogP contribution is -2.57. The van der Waals surface area contributed by atoms with Crippen molar-refractivity contribution >= 4 is 29.4 Å². The first-order valence-corrected chi connectivity index (χ1v) is 7.25. The molecular weight excluding hydrogens is 308 g/mol. The Morgan fingerprint density at radius 1 is 1.14 bits per heavy atom. The average molecular weight is 325 g/mol. The lowest BCUT2D eigenvalue weighted by molar-refractivity contribution is -0.162. The Kier molecular flexibility index (Phi) is 5.03. The Labute approximate surface area is 133 Å². The molecule has 1 saturated heterocycles. The summed E-state index contributed by atoms with van der Waals surface area (Å²) in [7, 11) is 0. The van der Waals surface area contributed by atoms with Gasteiger partial charge in [0.1, 0.15) is 0 Å². The van der Waals surface area contributed by atoms with Gasteiger partial charge in [0, 0.05) is 37.5 Å². The minimum absolute atomic E-state index is 0.115. The first kappa shape index (κ1) is 16.3. The van der Waals surface area contributed by atoms with Gasteiger partial charge in [0.25, 0.3) is 5.91 Å². The van der Waals surface area contributed by atoms with Gasteiger partial charge in [-0.2, -0.15) is 0 Å². The fourth-order valence-electron chi connectivity index (χ4n) is 2.32. The second kappa shape index (κ2) is 6.79. The molecule has 0 spiro atoms. The third-order valence-corrected chi connectivity index (χ3v) is 3.69. The van der Waals surface area contributed by atoms with E-state index >= 15 is 0 Å². The highest BCUT2D eigenvalue weighted by molar-refractivity contribution is 6.30. The molecule has 1 atom stereocenters. The van der Waals surface area contributed by atoms with Crippen LogP contribution < -0.4 is 0 Å². The lowest BCUT2D eigenvalue weighted by atomic mass is 10.1. The van der Waals surface area contributed by atoms with Crippen LogP contribution in [0.25, 0.3) is 0 Å². The summed E-state index contributed by atoms with van der Waals surface area (Å²) in [6.45, 7) is 3.61. The average Bonchev–Trinajstić information content (AvgIpc) is 2.46. The van der Waals surface area contributed by atoms with Crippen molar-refractivity contribution in [2.45, 2.75) is 20.1 Å². The first-order valence-electron chi connectivity index (χ1n) is 6.87. The van der Waals surface area contributed by atoms with E-state index in [1.807, 2.05) is 0 Å². The molecule has 1 aromatic carbocycles.